The van der Waals surface area contributed by atoms with Gasteiger partial charge in [-0.3, -0.25) is 24.2 Å². The Morgan fingerprint density at radius 1 is 1.17 bits per heavy atom. The number of amides is 3. The Morgan fingerprint density at radius 3 is 2.66 bits per heavy atom. The van der Waals surface area contributed by atoms with Crippen molar-refractivity contribution in [1.82, 2.24) is 15.0 Å². The number of thiophene rings is 1. The Morgan fingerprint density at radius 2 is 2.00 bits per heavy atom. The van der Waals surface area contributed by atoms with Gasteiger partial charge in [0.15, 0.2) is 21.8 Å². The zero-order chi connectivity index (χ0) is 20.8. The van der Waals surface area contributed by atoms with Gasteiger partial charge < -0.3 is 16.0 Å². The molecule has 0 aliphatic rings. The molecule has 0 fully saturated rings. The number of rotatable bonds is 7. The molecule has 0 saturated heterocycles. The highest BCUT2D eigenvalue weighted by molar-refractivity contribution is 7.99. The summed E-state index contributed by atoms with van der Waals surface area (Å²) in [6.07, 6.45) is 1.56. The maximum Gasteiger partial charge on any atom is 0.277 e. The van der Waals surface area contributed by atoms with Crippen LogP contribution in [0.4, 0.5) is 16.6 Å². The van der Waals surface area contributed by atoms with Crippen LogP contribution >= 0.6 is 34.4 Å². The first-order valence-electron chi connectivity index (χ1n) is 8.01. The van der Waals surface area contributed by atoms with E-state index in [0.29, 0.717) is 10.0 Å². The lowest BCUT2D eigenvalue weighted by Crippen LogP contribution is -2.24. The van der Waals surface area contributed by atoms with Crippen LogP contribution < -0.4 is 21.5 Å². The monoisotopic (exact) mass is 450 g/mol. The van der Waals surface area contributed by atoms with E-state index in [1.165, 1.54) is 29.6 Å². The van der Waals surface area contributed by atoms with Crippen LogP contribution in [0, 0.1) is 0 Å². The fourth-order valence-corrected chi connectivity index (χ4v) is 3.88. The van der Waals surface area contributed by atoms with Gasteiger partial charge in [-0.05, 0) is 11.4 Å². The highest BCUT2D eigenvalue weighted by Crippen LogP contribution is 2.21. The summed E-state index contributed by atoms with van der Waals surface area (Å²) < 4.78 is 0. The number of aromatic amines is 1. The van der Waals surface area contributed by atoms with E-state index < -0.39 is 17.4 Å². The number of H-pyrrole nitrogens is 1. The molecule has 29 heavy (non-hydrogen) atoms. The second-order valence-corrected chi connectivity index (χ2v) is 8.19. The van der Waals surface area contributed by atoms with Gasteiger partial charge in [-0.15, -0.1) is 22.7 Å². The van der Waals surface area contributed by atoms with E-state index in [1.54, 1.807) is 29.1 Å². The van der Waals surface area contributed by atoms with E-state index in [2.05, 4.69) is 30.9 Å². The van der Waals surface area contributed by atoms with E-state index in [1.807, 2.05) is 0 Å². The first-order chi connectivity index (χ1) is 13.9. The number of carbonyl (C=O) groups is 3. The molecule has 150 valence electrons. The third-order valence-electron chi connectivity index (χ3n) is 3.19. The van der Waals surface area contributed by atoms with Gasteiger partial charge in [0.2, 0.25) is 11.8 Å². The van der Waals surface area contributed by atoms with Crippen LogP contribution in [-0.4, -0.2) is 38.4 Å². The molecule has 0 bridgehead atoms. The molecular weight excluding hydrogens is 436 g/mol. The lowest BCUT2D eigenvalue weighted by molar-refractivity contribution is -0.114. The Kier molecular flexibility index (Phi) is 6.74. The summed E-state index contributed by atoms with van der Waals surface area (Å²) in [4.78, 5) is 59.2. The maximum atomic E-state index is 12.5. The van der Waals surface area contributed by atoms with E-state index in [9.17, 15) is 19.2 Å². The Labute approximate surface area is 176 Å². The predicted octanol–water partition coefficient (Wildman–Crippen LogP) is 2.23. The first kappa shape index (κ1) is 20.7. The number of thioether (sulfide) groups is 1. The molecule has 0 unspecified atom stereocenters. The minimum Gasteiger partial charge on any atom is -0.314 e. The van der Waals surface area contributed by atoms with Crippen LogP contribution in [0.3, 0.4) is 0 Å². The zero-order valence-electron chi connectivity index (χ0n) is 14.8. The van der Waals surface area contributed by atoms with Crippen LogP contribution in [0.2, 0.25) is 0 Å². The molecule has 0 spiro atoms. The van der Waals surface area contributed by atoms with Gasteiger partial charge in [0.1, 0.15) is 0 Å². The van der Waals surface area contributed by atoms with Crippen molar-refractivity contribution >= 4 is 68.8 Å². The molecule has 3 heterocycles. The molecule has 3 aromatic heterocycles. The van der Waals surface area contributed by atoms with E-state index in [4.69, 9.17) is 0 Å². The summed E-state index contributed by atoms with van der Waals surface area (Å²) in [5, 5.41) is 11.5. The minimum atomic E-state index is -0.656. The van der Waals surface area contributed by atoms with Crippen molar-refractivity contribution in [2.24, 2.45) is 0 Å². The molecule has 0 aromatic carbocycles. The third-order valence-corrected chi connectivity index (χ3v) is 5.62. The molecule has 10 nitrogen and oxygen atoms in total. The highest BCUT2D eigenvalue weighted by atomic mass is 32.2. The van der Waals surface area contributed by atoms with Crippen molar-refractivity contribution in [1.29, 1.82) is 0 Å². The van der Waals surface area contributed by atoms with Crippen molar-refractivity contribution in [3.63, 3.8) is 0 Å². The van der Waals surface area contributed by atoms with Gasteiger partial charge in [-0.2, -0.15) is 0 Å². The number of nitrogens with zero attached hydrogens (tertiary/aromatic N) is 2. The van der Waals surface area contributed by atoms with Gasteiger partial charge in [0.05, 0.1) is 10.6 Å². The summed E-state index contributed by atoms with van der Waals surface area (Å²) in [6, 6.07) is 3.30. The molecule has 13 heteroatoms. The van der Waals surface area contributed by atoms with Gasteiger partial charge in [-0.25, -0.2) is 9.97 Å². The molecule has 4 N–H and O–H groups in total. The summed E-state index contributed by atoms with van der Waals surface area (Å²) in [5.41, 5.74) is -0.841. The summed E-state index contributed by atoms with van der Waals surface area (Å²) >= 11 is 3.45. The fourth-order valence-electron chi connectivity index (χ4n) is 2.05. The number of thiazole rings is 1. The second-order valence-electron chi connectivity index (χ2n) is 5.38. The second kappa shape index (κ2) is 9.45. The molecule has 0 saturated carbocycles. The number of anilines is 3. The van der Waals surface area contributed by atoms with Gasteiger partial charge in [0.25, 0.3) is 11.5 Å². The van der Waals surface area contributed by atoms with Gasteiger partial charge >= 0.3 is 0 Å². The molecule has 0 aliphatic heterocycles. The third kappa shape index (κ3) is 5.73. The molecule has 3 rings (SSSR count). The Balaban J connectivity index is 1.76. The normalized spacial score (nSPS) is 10.4. The molecular formula is C16H14N6O4S3. The maximum absolute atomic E-state index is 12.5. The molecule has 3 aromatic rings. The largest absolute Gasteiger partial charge is 0.314 e. The average molecular weight is 451 g/mol. The predicted molar refractivity (Wildman–Crippen MR) is 113 cm³/mol. The van der Waals surface area contributed by atoms with E-state index >= 15 is 0 Å². The number of aromatic nitrogens is 3. The molecule has 3 amide bonds. The van der Waals surface area contributed by atoms with Crippen molar-refractivity contribution in [2.75, 3.05) is 21.7 Å². The van der Waals surface area contributed by atoms with Crippen LogP contribution in [0.5, 0.6) is 0 Å². The summed E-state index contributed by atoms with van der Waals surface area (Å²) in [7, 11) is 0. The number of hydrogen-bond acceptors (Lipinski definition) is 9. The summed E-state index contributed by atoms with van der Waals surface area (Å²) in [5.74, 6) is -1.44. The number of nitrogens with one attached hydrogen (secondary N) is 4. The van der Waals surface area contributed by atoms with Crippen LogP contribution in [0.1, 0.15) is 16.6 Å². The van der Waals surface area contributed by atoms with Crippen molar-refractivity contribution in [2.45, 2.75) is 12.1 Å². The van der Waals surface area contributed by atoms with Gasteiger partial charge in [-0.1, -0.05) is 17.8 Å². The zero-order valence-corrected chi connectivity index (χ0v) is 17.3. The number of carbonyl (C=O) groups excluding carboxylic acids is 3. The summed E-state index contributed by atoms with van der Waals surface area (Å²) in [6.45, 7) is 1.25. The van der Waals surface area contributed by atoms with E-state index in [0.717, 1.165) is 11.8 Å². The minimum absolute atomic E-state index is 0.0388. The fraction of sp³-hybridized carbons (Fsp3) is 0.125. The van der Waals surface area contributed by atoms with Crippen molar-refractivity contribution in [3.05, 3.63) is 44.3 Å². The standard InChI is InChI=1S/C16H14N6O4S3/c1-8(23)18-12-11(20-13(25)9-3-2-5-27-9)14(26)22-16(21-12)29-7-10(24)19-15-17-4-6-28-15/h2-6H,7H2,1H3,(H,20,25)(H,17,19,24)(H2,18,21,22,23,26). The highest BCUT2D eigenvalue weighted by Gasteiger charge is 2.18. The molecule has 0 atom stereocenters. The quantitative estimate of drug-likeness (QED) is 0.319. The first-order valence-corrected chi connectivity index (χ1v) is 10.8. The Hall–Kier alpha value is -3.03. The van der Waals surface area contributed by atoms with Crippen molar-refractivity contribution < 1.29 is 14.4 Å². The van der Waals surface area contributed by atoms with Crippen molar-refractivity contribution in [3.8, 4) is 0 Å². The molecule has 0 aliphatic carbocycles. The lowest BCUT2D eigenvalue weighted by Gasteiger charge is -2.11. The SMILES string of the molecule is CC(=O)Nc1nc(SCC(=O)Nc2nccs2)[nH]c(=O)c1NC(=O)c1cccs1. The average Bonchev–Trinajstić information content (AvgIpc) is 3.36. The van der Waals surface area contributed by atoms with Crippen LogP contribution in [0.25, 0.3) is 0 Å². The van der Waals surface area contributed by atoms with E-state index in [-0.39, 0.29) is 28.3 Å². The smallest absolute Gasteiger partial charge is 0.277 e. The van der Waals surface area contributed by atoms with Crippen LogP contribution in [0.15, 0.2) is 39.0 Å². The molecule has 0 radical (unpaired) electrons. The lowest BCUT2D eigenvalue weighted by atomic mass is 10.4. The van der Waals surface area contributed by atoms with Crippen LogP contribution in [-0.2, 0) is 9.59 Å². The Bertz CT molecular complexity index is 1080. The number of hydrogen-bond donors (Lipinski definition) is 4. The topological polar surface area (TPSA) is 146 Å². The van der Waals surface area contributed by atoms with Gasteiger partial charge in [0, 0.05) is 18.5 Å².